The first kappa shape index (κ1) is 14.9. The monoisotopic (exact) mass is 281 g/mol. The Morgan fingerprint density at radius 2 is 1.95 bits per heavy atom. The van der Waals surface area contributed by atoms with Crippen molar-refractivity contribution in [3.05, 3.63) is 16.1 Å². The van der Waals surface area contributed by atoms with Crippen LogP contribution in [0.1, 0.15) is 45.3 Å². The lowest BCUT2D eigenvalue weighted by Crippen LogP contribution is -2.35. The van der Waals surface area contributed by atoms with Crippen LogP contribution in [-0.2, 0) is 13.1 Å². The quantitative estimate of drug-likeness (QED) is 0.919. The molecule has 1 aliphatic heterocycles. The van der Waals surface area contributed by atoms with E-state index in [9.17, 15) is 0 Å². The number of rotatable bonds is 4. The van der Waals surface area contributed by atoms with Crippen molar-refractivity contribution in [2.45, 2.75) is 53.2 Å². The molecule has 1 saturated heterocycles. The number of nitrogens with zero attached hydrogens (tertiary/aromatic N) is 2. The van der Waals surface area contributed by atoms with E-state index in [0.717, 1.165) is 24.9 Å². The normalized spacial score (nSPS) is 25.1. The van der Waals surface area contributed by atoms with Gasteiger partial charge in [-0.3, -0.25) is 4.90 Å². The van der Waals surface area contributed by atoms with E-state index < -0.39 is 0 Å². The first-order valence-electron chi connectivity index (χ1n) is 7.24. The third-order valence-corrected chi connectivity index (χ3v) is 4.72. The molecular formula is C15H27N3S. The Hall–Kier alpha value is -0.450. The molecule has 1 aromatic rings. The minimum atomic E-state index is 0.158. The Bertz CT molecular complexity index is 398. The van der Waals surface area contributed by atoms with Crippen molar-refractivity contribution in [1.82, 2.24) is 15.2 Å². The number of hydrogen-bond donors (Lipinski definition) is 1. The van der Waals surface area contributed by atoms with Gasteiger partial charge in [-0.25, -0.2) is 4.98 Å². The largest absolute Gasteiger partial charge is 0.306 e. The Morgan fingerprint density at radius 3 is 2.53 bits per heavy atom. The van der Waals surface area contributed by atoms with E-state index in [1.54, 1.807) is 11.3 Å². The van der Waals surface area contributed by atoms with Crippen LogP contribution in [0.3, 0.4) is 0 Å². The topological polar surface area (TPSA) is 28.2 Å². The third-order valence-electron chi connectivity index (χ3n) is 3.82. The van der Waals surface area contributed by atoms with E-state index in [-0.39, 0.29) is 5.54 Å². The van der Waals surface area contributed by atoms with E-state index >= 15 is 0 Å². The molecule has 1 aliphatic rings. The maximum absolute atomic E-state index is 4.74. The lowest BCUT2D eigenvalue weighted by atomic mass is 10.0. The van der Waals surface area contributed by atoms with Gasteiger partial charge in [0.15, 0.2) is 0 Å². The summed E-state index contributed by atoms with van der Waals surface area (Å²) >= 11 is 1.77. The summed E-state index contributed by atoms with van der Waals surface area (Å²) in [4.78, 5) is 7.27. The number of hydrogen-bond acceptors (Lipinski definition) is 4. The van der Waals surface area contributed by atoms with Crippen LogP contribution in [0.25, 0.3) is 0 Å². The van der Waals surface area contributed by atoms with Crippen molar-refractivity contribution in [2.24, 2.45) is 11.8 Å². The van der Waals surface area contributed by atoms with Gasteiger partial charge in [0.25, 0.3) is 0 Å². The van der Waals surface area contributed by atoms with Crippen molar-refractivity contribution in [3.8, 4) is 0 Å². The maximum Gasteiger partial charge on any atom is 0.107 e. The van der Waals surface area contributed by atoms with Crippen molar-refractivity contribution in [1.29, 1.82) is 0 Å². The van der Waals surface area contributed by atoms with Crippen LogP contribution < -0.4 is 5.32 Å². The minimum absolute atomic E-state index is 0.158. The van der Waals surface area contributed by atoms with Gasteiger partial charge in [0.2, 0.25) is 0 Å². The zero-order valence-corrected chi connectivity index (χ0v) is 13.7. The van der Waals surface area contributed by atoms with Gasteiger partial charge in [-0.15, -0.1) is 11.3 Å². The average molecular weight is 281 g/mol. The van der Waals surface area contributed by atoms with Crippen LogP contribution in [0.4, 0.5) is 0 Å². The number of aromatic nitrogens is 1. The Labute approximate surface area is 121 Å². The molecule has 2 atom stereocenters. The maximum atomic E-state index is 4.74. The fourth-order valence-electron chi connectivity index (χ4n) is 2.45. The molecule has 108 valence electrons. The summed E-state index contributed by atoms with van der Waals surface area (Å²) in [6.45, 7) is 15.6. The molecule has 0 spiro atoms. The van der Waals surface area contributed by atoms with Gasteiger partial charge >= 0.3 is 0 Å². The summed E-state index contributed by atoms with van der Waals surface area (Å²) < 4.78 is 0. The number of nitrogens with one attached hydrogen (secondary N) is 1. The lowest BCUT2D eigenvalue weighted by Gasteiger charge is -2.19. The summed E-state index contributed by atoms with van der Waals surface area (Å²) in [7, 11) is 0. The minimum Gasteiger partial charge on any atom is -0.306 e. The van der Waals surface area contributed by atoms with E-state index in [2.05, 4.69) is 50.2 Å². The predicted octanol–water partition coefficient (Wildman–Crippen LogP) is 3.12. The summed E-state index contributed by atoms with van der Waals surface area (Å²) in [6, 6.07) is 0. The van der Waals surface area contributed by atoms with Crippen LogP contribution in [0.5, 0.6) is 0 Å². The highest BCUT2D eigenvalue weighted by Gasteiger charge is 2.26. The highest BCUT2D eigenvalue weighted by molar-refractivity contribution is 7.09. The summed E-state index contributed by atoms with van der Waals surface area (Å²) in [5.41, 5.74) is 1.39. The highest BCUT2D eigenvalue weighted by Crippen LogP contribution is 2.24. The molecule has 1 N–H and O–H groups in total. The Balaban J connectivity index is 1.84. The Kier molecular flexibility index (Phi) is 4.64. The molecule has 1 aromatic heterocycles. The second-order valence-corrected chi connectivity index (χ2v) is 7.93. The fourth-order valence-corrected chi connectivity index (χ4v) is 3.18. The van der Waals surface area contributed by atoms with Gasteiger partial charge in [-0.1, -0.05) is 13.8 Å². The Morgan fingerprint density at radius 1 is 1.32 bits per heavy atom. The zero-order valence-electron chi connectivity index (χ0n) is 12.9. The molecule has 2 unspecified atom stereocenters. The van der Waals surface area contributed by atoms with Crippen LogP contribution in [0, 0.1) is 11.8 Å². The molecule has 0 radical (unpaired) electrons. The fraction of sp³-hybridized carbons (Fsp3) is 0.800. The SMILES string of the molecule is CC1CN(Cc2csc(CNC(C)(C)C)n2)CC1C. The first-order valence-corrected chi connectivity index (χ1v) is 8.12. The van der Waals surface area contributed by atoms with Crippen LogP contribution >= 0.6 is 11.3 Å². The average Bonchev–Trinajstić information content (AvgIpc) is 2.84. The van der Waals surface area contributed by atoms with E-state index in [1.807, 2.05) is 0 Å². The van der Waals surface area contributed by atoms with Crippen molar-refractivity contribution in [2.75, 3.05) is 13.1 Å². The van der Waals surface area contributed by atoms with Gasteiger partial charge < -0.3 is 5.32 Å². The van der Waals surface area contributed by atoms with Gasteiger partial charge in [0, 0.05) is 37.1 Å². The molecule has 0 saturated carbocycles. The van der Waals surface area contributed by atoms with Crippen LogP contribution in [0.15, 0.2) is 5.38 Å². The molecule has 3 nitrogen and oxygen atoms in total. The first-order chi connectivity index (χ1) is 8.83. The van der Waals surface area contributed by atoms with Crippen molar-refractivity contribution >= 4 is 11.3 Å². The molecule has 0 aromatic carbocycles. The van der Waals surface area contributed by atoms with Gasteiger partial charge in [-0.05, 0) is 32.6 Å². The van der Waals surface area contributed by atoms with Gasteiger partial charge in [0.1, 0.15) is 5.01 Å². The summed E-state index contributed by atoms with van der Waals surface area (Å²) in [5, 5.41) is 6.91. The van der Waals surface area contributed by atoms with E-state index in [4.69, 9.17) is 4.98 Å². The molecule has 2 heterocycles. The predicted molar refractivity (Wildman–Crippen MR) is 82.3 cm³/mol. The zero-order chi connectivity index (χ0) is 14.0. The molecule has 0 bridgehead atoms. The van der Waals surface area contributed by atoms with Crippen molar-refractivity contribution in [3.63, 3.8) is 0 Å². The van der Waals surface area contributed by atoms with Crippen LogP contribution in [0.2, 0.25) is 0 Å². The summed E-state index contributed by atoms with van der Waals surface area (Å²) in [6.07, 6.45) is 0. The molecule has 0 amide bonds. The molecule has 4 heteroatoms. The van der Waals surface area contributed by atoms with Crippen LogP contribution in [-0.4, -0.2) is 28.5 Å². The molecular weight excluding hydrogens is 254 g/mol. The van der Waals surface area contributed by atoms with E-state index in [0.29, 0.717) is 0 Å². The smallest absolute Gasteiger partial charge is 0.107 e. The highest BCUT2D eigenvalue weighted by atomic mass is 32.1. The molecule has 1 fully saturated rings. The lowest BCUT2D eigenvalue weighted by molar-refractivity contribution is 0.312. The van der Waals surface area contributed by atoms with Gasteiger partial charge in [-0.2, -0.15) is 0 Å². The number of likely N-dealkylation sites (tertiary alicyclic amines) is 1. The molecule has 2 rings (SSSR count). The number of thiazole rings is 1. The van der Waals surface area contributed by atoms with E-state index in [1.165, 1.54) is 23.8 Å². The third kappa shape index (κ3) is 4.55. The van der Waals surface area contributed by atoms with Crippen molar-refractivity contribution < 1.29 is 0 Å². The summed E-state index contributed by atoms with van der Waals surface area (Å²) in [5.74, 6) is 1.64. The standard InChI is InChI=1S/C15H27N3S/c1-11-7-18(8-12(11)2)9-13-10-19-14(17-13)6-16-15(3,4)5/h10-12,16H,6-9H2,1-5H3. The second kappa shape index (κ2) is 5.90. The van der Waals surface area contributed by atoms with Gasteiger partial charge in [0.05, 0.1) is 5.69 Å². The molecule has 0 aliphatic carbocycles. The second-order valence-electron chi connectivity index (χ2n) is 6.98. The molecule has 19 heavy (non-hydrogen) atoms.